The van der Waals surface area contributed by atoms with E-state index in [-0.39, 0.29) is 28.3 Å². The third-order valence-electron chi connectivity index (χ3n) is 5.66. The molecule has 2 aromatic heterocycles. The number of rotatable bonds is 4. The first kappa shape index (κ1) is 21.7. The molecule has 2 N–H and O–H groups in total. The van der Waals surface area contributed by atoms with Crippen molar-refractivity contribution in [3.63, 3.8) is 0 Å². The summed E-state index contributed by atoms with van der Waals surface area (Å²) in [5, 5.41) is 0.601. The summed E-state index contributed by atoms with van der Waals surface area (Å²) in [4.78, 5) is 26.6. The molecule has 0 aromatic carbocycles. The highest BCUT2D eigenvalue weighted by Gasteiger charge is 2.71. The summed E-state index contributed by atoms with van der Waals surface area (Å²) < 4.78 is 28.7. The Kier molecular flexibility index (Phi) is 5.29. The minimum Gasteiger partial charge on any atom is -0.378 e. The van der Waals surface area contributed by atoms with Gasteiger partial charge in [0.25, 0.3) is 0 Å². The molecule has 4 rings (SSSR count). The highest BCUT2D eigenvalue weighted by Crippen LogP contribution is 2.66. The van der Waals surface area contributed by atoms with Crippen molar-refractivity contribution in [2.45, 2.75) is 23.6 Å². The highest BCUT2D eigenvalue weighted by atomic mass is 35.5. The number of carbonyl (C=O) groups is 1. The van der Waals surface area contributed by atoms with Crippen LogP contribution in [0, 0.1) is 11.9 Å². The van der Waals surface area contributed by atoms with Crippen molar-refractivity contribution in [3.8, 4) is 0 Å². The monoisotopic (exact) mass is 463 g/mol. The number of aliphatic imine (C=N–C) groups is 1. The Morgan fingerprint density at radius 3 is 2.74 bits per heavy atom. The van der Waals surface area contributed by atoms with Gasteiger partial charge in [0.2, 0.25) is 11.9 Å². The predicted molar refractivity (Wildman–Crippen MR) is 119 cm³/mol. The molecule has 31 heavy (non-hydrogen) atoms. The molecular weight excluding hydrogens is 444 g/mol. The van der Waals surface area contributed by atoms with Crippen molar-refractivity contribution in [2.24, 2.45) is 16.6 Å². The number of hydrogen-bond acceptors (Lipinski definition) is 6. The van der Waals surface area contributed by atoms with Crippen LogP contribution in [0.1, 0.15) is 30.2 Å². The van der Waals surface area contributed by atoms with Crippen LogP contribution in [0.5, 0.6) is 0 Å². The number of amidine groups is 1. The van der Waals surface area contributed by atoms with Crippen LogP contribution in [0.2, 0.25) is 5.02 Å². The second-order valence-corrected chi connectivity index (χ2v) is 9.79. The van der Waals surface area contributed by atoms with Gasteiger partial charge >= 0.3 is 0 Å². The van der Waals surface area contributed by atoms with Gasteiger partial charge in [-0.1, -0.05) is 23.4 Å². The van der Waals surface area contributed by atoms with Crippen molar-refractivity contribution in [3.05, 3.63) is 58.4 Å². The summed E-state index contributed by atoms with van der Waals surface area (Å²) in [5.74, 6) is -1.69. The lowest BCUT2D eigenvalue weighted by Crippen LogP contribution is -2.43. The summed E-state index contributed by atoms with van der Waals surface area (Å²) in [6, 6.07) is 4.47. The van der Waals surface area contributed by atoms with Gasteiger partial charge in [0, 0.05) is 38.0 Å². The lowest BCUT2D eigenvalue weighted by atomic mass is 9.86. The number of nitrogens with two attached hydrogens (primary N) is 1. The number of pyridine rings is 2. The molecule has 0 spiro atoms. The van der Waals surface area contributed by atoms with E-state index in [1.807, 2.05) is 0 Å². The highest BCUT2D eigenvalue weighted by molar-refractivity contribution is 8.15. The molecule has 162 valence electrons. The molecule has 2 aliphatic rings. The van der Waals surface area contributed by atoms with E-state index in [1.54, 1.807) is 21.0 Å². The van der Waals surface area contributed by atoms with E-state index in [1.165, 1.54) is 53.3 Å². The van der Waals surface area contributed by atoms with Gasteiger partial charge in [0.05, 0.1) is 16.3 Å². The minimum atomic E-state index is -1.10. The van der Waals surface area contributed by atoms with E-state index in [2.05, 4.69) is 15.0 Å². The van der Waals surface area contributed by atoms with Gasteiger partial charge in [0.15, 0.2) is 5.17 Å². The zero-order valence-corrected chi connectivity index (χ0v) is 18.6. The Balaban J connectivity index is 1.73. The average molecular weight is 464 g/mol. The Morgan fingerprint density at radius 1 is 1.35 bits per heavy atom. The van der Waals surface area contributed by atoms with Crippen LogP contribution in [0.25, 0.3) is 11.9 Å². The largest absolute Gasteiger partial charge is 0.378 e. The molecule has 0 saturated heterocycles. The number of halogens is 3. The Morgan fingerprint density at radius 2 is 2.10 bits per heavy atom. The molecule has 1 amide bonds. The summed E-state index contributed by atoms with van der Waals surface area (Å²) in [5.41, 5.74) is 5.55. The van der Waals surface area contributed by atoms with Crippen LogP contribution in [-0.2, 0) is 10.3 Å². The summed E-state index contributed by atoms with van der Waals surface area (Å²) in [7, 11) is 3.35. The van der Waals surface area contributed by atoms with E-state index >= 15 is 0 Å². The number of nitrogens with zero attached hydrogens (tertiary/aromatic N) is 4. The zero-order valence-electron chi connectivity index (χ0n) is 17.1. The molecule has 2 aromatic rings. The van der Waals surface area contributed by atoms with Crippen LogP contribution < -0.4 is 5.73 Å². The van der Waals surface area contributed by atoms with Crippen LogP contribution in [0.4, 0.5) is 8.78 Å². The molecular formula is C21H20ClF2N5OS. The molecule has 0 radical (unpaired) electrons. The molecule has 1 saturated carbocycles. The third kappa shape index (κ3) is 3.70. The zero-order chi connectivity index (χ0) is 22.6. The predicted octanol–water partition coefficient (Wildman–Crippen LogP) is 3.86. The average Bonchev–Trinajstić information content (AvgIpc) is 3.45. The maximum atomic E-state index is 14.8. The standard InChI is InChI=1S/C21H20ClF2N5OS/c1-20(16-8-21(16,18(30)29(2)3)31-19(25)28-20)13-6-11(9-27-17(13)24)7-14(23)15-5-4-12(22)10-26-15/h4-7,9-10,16H,8H2,1-3H3,(H2,25,28)/t16-,20+,21-/m0/s1. The molecule has 10 heteroatoms. The third-order valence-corrected chi connectivity index (χ3v) is 7.17. The lowest BCUT2D eigenvalue weighted by molar-refractivity contribution is -0.129. The van der Waals surface area contributed by atoms with Crippen molar-refractivity contribution < 1.29 is 13.6 Å². The van der Waals surface area contributed by atoms with Gasteiger partial charge < -0.3 is 10.6 Å². The number of aromatic nitrogens is 2. The normalized spacial score (nSPS) is 27.4. The fourth-order valence-corrected chi connectivity index (χ4v) is 5.68. The van der Waals surface area contributed by atoms with Crippen molar-refractivity contribution in [1.29, 1.82) is 0 Å². The molecule has 0 bridgehead atoms. The smallest absolute Gasteiger partial charge is 0.239 e. The molecule has 1 aliphatic carbocycles. The van der Waals surface area contributed by atoms with E-state index in [0.29, 0.717) is 17.0 Å². The van der Waals surface area contributed by atoms with Crippen molar-refractivity contribution in [1.82, 2.24) is 14.9 Å². The number of hydrogen-bond donors (Lipinski definition) is 1. The first-order valence-corrected chi connectivity index (χ1v) is 10.7. The van der Waals surface area contributed by atoms with Crippen LogP contribution >= 0.6 is 23.4 Å². The molecule has 1 fully saturated rings. The van der Waals surface area contributed by atoms with E-state index in [4.69, 9.17) is 17.3 Å². The van der Waals surface area contributed by atoms with E-state index in [9.17, 15) is 13.6 Å². The fourth-order valence-electron chi connectivity index (χ4n) is 4.07. The second kappa shape index (κ2) is 7.56. The van der Waals surface area contributed by atoms with Gasteiger partial charge in [-0.2, -0.15) is 4.39 Å². The number of carbonyl (C=O) groups excluding carboxylic acids is 1. The van der Waals surface area contributed by atoms with Crippen molar-refractivity contribution in [2.75, 3.05) is 14.1 Å². The Labute approximate surface area is 187 Å². The fraction of sp³-hybridized carbons (Fsp3) is 0.333. The van der Waals surface area contributed by atoms with Crippen LogP contribution in [0.15, 0.2) is 35.6 Å². The summed E-state index contributed by atoms with van der Waals surface area (Å²) in [6.07, 6.45) is 4.29. The van der Waals surface area contributed by atoms with Gasteiger partial charge in [-0.25, -0.2) is 9.37 Å². The lowest BCUT2D eigenvalue weighted by Gasteiger charge is -2.34. The minimum absolute atomic E-state index is 0.0872. The maximum absolute atomic E-state index is 14.8. The summed E-state index contributed by atoms with van der Waals surface area (Å²) in [6.45, 7) is 1.74. The Hall–Kier alpha value is -2.52. The van der Waals surface area contributed by atoms with Crippen LogP contribution in [-0.4, -0.2) is 44.8 Å². The number of thioether (sulfide) groups is 1. The van der Waals surface area contributed by atoms with Gasteiger partial charge in [0.1, 0.15) is 10.6 Å². The molecule has 1 aliphatic heterocycles. The molecule has 6 nitrogen and oxygen atoms in total. The quantitative estimate of drug-likeness (QED) is 0.696. The number of amides is 1. The van der Waals surface area contributed by atoms with E-state index < -0.39 is 22.1 Å². The molecule has 0 unspecified atom stereocenters. The molecule has 3 heterocycles. The number of fused-ring (bicyclic) bond motifs is 1. The van der Waals surface area contributed by atoms with E-state index in [0.717, 1.165) is 0 Å². The summed E-state index contributed by atoms with van der Waals surface area (Å²) >= 11 is 7.01. The van der Waals surface area contributed by atoms with Gasteiger partial charge in [-0.05, 0) is 43.2 Å². The SMILES string of the molecule is CN(C)C(=O)[C@]12C[C@H]1[C@@](C)(c1cc(C=C(F)c3ccc(Cl)cn3)cnc1F)N=C(N)S2. The van der Waals surface area contributed by atoms with Gasteiger partial charge in [-0.3, -0.25) is 14.8 Å². The topological polar surface area (TPSA) is 84.5 Å². The maximum Gasteiger partial charge on any atom is 0.239 e. The second-order valence-electron chi connectivity index (χ2n) is 8.01. The van der Waals surface area contributed by atoms with Gasteiger partial charge in [-0.15, -0.1) is 0 Å². The molecule has 3 atom stereocenters. The first-order valence-electron chi connectivity index (χ1n) is 9.48. The Bertz CT molecular complexity index is 1120. The van der Waals surface area contributed by atoms with Crippen LogP contribution in [0.3, 0.4) is 0 Å². The first-order chi connectivity index (χ1) is 14.6. The van der Waals surface area contributed by atoms with Crippen molar-refractivity contribution >= 4 is 46.3 Å².